The van der Waals surface area contributed by atoms with Crippen molar-refractivity contribution in [1.29, 1.82) is 0 Å². The van der Waals surface area contributed by atoms with Crippen LogP contribution in [0.25, 0.3) is 0 Å². The smallest absolute Gasteiger partial charge is 0.221 e. The highest BCUT2D eigenvalue weighted by molar-refractivity contribution is 5.76. The van der Waals surface area contributed by atoms with Gasteiger partial charge in [-0.25, -0.2) is 0 Å². The van der Waals surface area contributed by atoms with Gasteiger partial charge < -0.3 is 20.5 Å². The molecule has 1 amide bonds. The number of hydrogen-bond donors (Lipinski definition) is 3. The molecule has 1 aromatic rings. The molecule has 0 bridgehead atoms. The van der Waals surface area contributed by atoms with Crippen molar-refractivity contribution in [2.24, 2.45) is 0 Å². The zero-order valence-electron chi connectivity index (χ0n) is 15.6. The van der Waals surface area contributed by atoms with E-state index in [1.54, 1.807) is 0 Å². The monoisotopic (exact) mass is 361 g/mol. The van der Waals surface area contributed by atoms with Crippen LogP contribution >= 0.6 is 0 Å². The fourth-order valence-electron chi connectivity index (χ4n) is 3.99. The van der Waals surface area contributed by atoms with Crippen LogP contribution in [0.5, 0.6) is 0 Å². The number of amides is 1. The summed E-state index contributed by atoms with van der Waals surface area (Å²) in [7, 11) is 0. The van der Waals surface area contributed by atoms with Gasteiger partial charge >= 0.3 is 0 Å². The Kier molecular flexibility index (Phi) is 6.64. The summed E-state index contributed by atoms with van der Waals surface area (Å²) in [5.41, 5.74) is 0.754. The predicted molar refractivity (Wildman–Crippen MR) is 101 cm³/mol. The van der Waals surface area contributed by atoms with E-state index in [1.165, 1.54) is 5.56 Å². The number of ether oxygens (including phenoxy) is 1. The fraction of sp³-hybridized carbons (Fsp3) is 0.650. The molecule has 2 aliphatic rings. The minimum Gasteiger partial charge on any atom is -0.394 e. The van der Waals surface area contributed by atoms with Crippen molar-refractivity contribution in [1.82, 2.24) is 15.5 Å². The Morgan fingerprint density at radius 3 is 2.96 bits per heavy atom. The summed E-state index contributed by atoms with van der Waals surface area (Å²) in [5.74, 6) is 0.104. The van der Waals surface area contributed by atoms with Gasteiger partial charge in [0.15, 0.2) is 0 Å². The van der Waals surface area contributed by atoms with Crippen molar-refractivity contribution < 1.29 is 14.6 Å². The zero-order chi connectivity index (χ0) is 18.4. The Morgan fingerprint density at radius 1 is 1.38 bits per heavy atom. The van der Waals surface area contributed by atoms with Gasteiger partial charge in [-0.1, -0.05) is 30.3 Å². The molecule has 6 heteroatoms. The molecular weight excluding hydrogens is 330 g/mol. The van der Waals surface area contributed by atoms with Gasteiger partial charge in [-0.3, -0.25) is 9.69 Å². The maximum atomic E-state index is 11.8. The molecule has 2 fully saturated rings. The molecule has 2 saturated heterocycles. The molecule has 2 heterocycles. The third-order valence-electron chi connectivity index (χ3n) is 5.56. The number of rotatable bonds is 6. The Labute approximate surface area is 155 Å². The summed E-state index contributed by atoms with van der Waals surface area (Å²) in [6.07, 6.45) is 2.45. The number of carbonyl (C=O) groups is 1. The minimum absolute atomic E-state index is 0.0239. The molecule has 1 aromatic carbocycles. The number of aliphatic hydroxyl groups excluding tert-OH is 1. The number of nitrogens with zero attached hydrogens (tertiary/aromatic N) is 1. The van der Waals surface area contributed by atoms with Crippen LogP contribution in [0.3, 0.4) is 0 Å². The zero-order valence-corrected chi connectivity index (χ0v) is 15.6. The first kappa shape index (κ1) is 19.3. The normalized spacial score (nSPS) is 30.6. The second-order valence-corrected chi connectivity index (χ2v) is 7.63. The van der Waals surface area contributed by atoms with Crippen molar-refractivity contribution in [2.45, 2.75) is 50.4 Å². The van der Waals surface area contributed by atoms with E-state index < -0.39 is 5.54 Å². The standard InChI is InChI=1S/C20H31N3O3/c1-16-12-26-15-20(14-24,23(16)11-17-6-3-2-4-7-17)13-22-18-8-5-9-21-19(25)10-18/h2-4,6-7,16,18,22,24H,5,8-15H2,1H3,(H,21,25)/t16-,18?,20+/m1/s1. The molecule has 6 nitrogen and oxygen atoms in total. The SMILES string of the molecule is C[C@@H]1COC[C@@](CO)(CNC2CCCNC(=O)C2)N1Cc1ccccc1. The Hall–Kier alpha value is -1.47. The Bertz CT molecular complexity index is 583. The van der Waals surface area contributed by atoms with Gasteiger partial charge in [-0.15, -0.1) is 0 Å². The number of morpholine rings is 1. The van der Waals surface area contributed by atoms with Crippen LogP contribution in [0.15, 0.2) is 30.3 Å². The molecule has 2 aliphatic heterocycles. The van der Waals surface area contributed by atoms with E-state index in [0.717, 1.165) is 25.9 Å². The molecule has 1 unspecified atom stereocenters. The van der Waals surface area contributed by atoms with E-state index in [2.05, 4.69) is 34.6 Å². The second kappa shape index (κ2) is 8.95. The lowest BCUT2D eigenvalue weighted by molar-refractivity contribution is -0.125. The van der Waals surface area contributed by atoms with E-state index in [-0.39, 0.29) is 24.6 Å². The quantitative estimate of drug-likeness (QED) is 0.702. The molecule has 3 N–H and O–H groups in total. The number of hydrogen-bond acceptors (Lipinski definition) is 5. The van der Waals surface area contributed by atoms with Crippen LogP contribution in [0.1, 0.15) is 31.7 Å². The summed E-state index contributed by atoms with van der Waals surface area (Å²) < 4.78 is 5.82. The van der Waals surface area contributed by atoms with Crippen molar-refractivity contribution in [3.05, 3.63) is 35.9 Å². The van der Waals surface area contributed by atoms with Crippen molar-refractivity contribution in [2.75, 3.05) is 32.9 Å². The first-order chi connectivity index (χ1) is 12.6. The van der Waals surface area contributed by atoms with E-state index >= 15 is 0 Å². The predicted octanol–water partition coefficient (Wildman–Crippen LogP) is 0.897. The number of nitrogens with one attached hydrogen (secondary N) is 2. The lowest BCUT2D eigenvalue weighted by atomic mass is 9.93. The van der Waals surface area contributed by atoms with E-state index in [1.807, 2.05) is 18.2 Å². The van der Waals surface area contributed by atoms with Gasteiger partial charge in [0.2, 0.25) is 5.91 Å². The molecule has 0 saturated carbocycles. The lowest BCUT2D eigenvalue weighted by Crippen LogP contribution is -2.66. The van der Waals surface area contributed by atoms with E-state index in [4.69, 9.17) is 4.74 Å². The third kappa shape index (κ3) is 4.62. The second-order valence-electron chi connectivity index (χ2n) is 7.63. The van der Waals surface area contributed by atoms with Crippen LogP contribution in [-0.2, 0) is 16.1 Å². The van der Waals surface area contributed by atoms with Crippen LogP contribution in [0.2, 0.25) is 0 Å². The van der Waals surface area contributed by atoms with Crippen molar-refractivity contribution >= 4 is 5.91 Å². The van der Waals surface area contributed by atoms with E-state index in [9.17, 15) is 9.90 Å². The fourth-order valence-corrected chi connectivity index (χ4v) is 3.99. The average Bonchev–Trinajstić information content (AvgIpc) is 2.87. The minimum atomic E-state index is -0.476. The molecule has 0 radical (unpaired) electrons. The largest absolute Gasteiger partial charge is 0.394 e. The first-order valence-corrected chi connectivity index (χ1v) is 9.62. The topological polar surface area (TPSA) is 73.8 Å². The molecule has 26 heavy (non-hydrogen) atoms. The maximum Gasteiger partial charge on any atom is 0.221 e. The van der Waals surface area contributed by atoms with Gasteiger partial charge in [0.1, 0.15) is 0 Å². The van der Waals surface area contributed by atoms with Gasteiger partial charge in [0, 0.05) is 38.1 Å². The molecule has 3 atom stereocenters. The van der Waals surface area contributed by atoms with Crippen LogP contribution < -0.4 is 10.6 Å². The van der Waals surface area contributed by atoms with E-state index in [0.29, 0.717) is 26.2 Å². The number of benzene rings is 1. The highest BCUT2D eigenvalue weighted by Gasteiger charge is 2.42. The van der Waals surface area contributed by atoms with Crippen molar-refractivity contribution in [3.63, 3.8) is 0 Å². The summed E-state index contributed by atoms with van der Waals surface area (Å²) in [4.78, 5) is 14.2. The summed E-state index contributed by atoms with van der Waals surface area (Å²) >= 11 is 0. The Morgan fingerprint density at radius 2 is 2.19 bits per heavy atom. The van der Waals surface area contributed by atoms with Gasteiger partial charge in [0.25, 0.3) is 0 Å². The Balaban J connectivity index is 1.71. The van der Waals surface area contributed by atoms with Gasteiger partial charge in [0.05, 0.1) is 25.4 Å². The molecule has 144 valence electrons. The lowest BCUT2D eigenvalue weighted by Gasteiger charge is -2.50. The van der Waals surface area contributed by atoms with Crippen LogP contribution in [-0.4, -0.2) is 66.4 Å². The molecule has 3 rings (SSSR count). The van der Waals surface area contributed by atoms with Gasteiger partial charge in [-0.05, 0) is 25.3 Å². The number of aliphatic hydroxyl groups is 1. The van der Waals surface area contributed by atoms with Crippen LogP contribution in [0, 0.1) is 0 Å². The molecule has 0 spiro atoms. The summed E-state index contributed by atoms with van der Waals surface area (Å²) in [5, 5.41) is 16.8. The molecule has 0 aliphatic carbocycles. The summed E-state index contributed by atoms with van der Waals surface area (Å²) in [6, 6.07) is 10.7. The highest BCUT2D eigenvalue weighted by Crippen LogP contribution is 2.26. The van der Waals surface area contributed by atoms with Crippen molar-refractivity contribution in [3.8, 4) is 0 Å². The highest BCUT2D eigenvalue weighted by atomic mass is 16.5. The van der Waals surface area contributed by atoms with Crippen LogP contribution in [0.4, 0.5) is 0 Å². The molecule has 0 aromatic heterocycles. The van der Waals surface area contributed by atoms with Gasteiger partial charge in [-0.2, -0.15) is 0 Å². The summed E-state index contributed by atoms with van der Waals surface area (Å²) in [6.45, 7) is 5.47. The third-order valence-corrected chi connectivity index (χ3v) is 5.56. The average molecular weight is 361 g/mol. The first-order valence-electron chi connectivity index (χ1n) is 9.62. The molecular formula is C20H31N3O3. The maximum absolute atomic E-state index is 11.8. The number of carbonyl (C=O) groups excluding carboxylic acids is 1.